The Labute approximate surface area is 166 Å². The van der Waals surface area contributed by atoms with Crippen LogP contribution in [-0.4, -0.2) is 29.1 Å². The Bertz CT molecular complexity index is 582. The zero-order valence-electron chi connectivity index (χ0n) is 11.4. The predicted molar refractivity (Wildman–Crippen MR) is 101 cm³/mol. The second-order valence-electron chi connectivity index (χ2n) is 4.74. The summed E-state index contributed by atoms with van der Waals surface area (Å²) < 4.78 is 34.3. The van der Waals surface area contributed by atoms with Crippen LogP contribution in [0.3, 0.4) is 0 Å². The molecule has 0 aromatic heterocycles. The van der Waals surface area contributed by atoms with Crippen molar-refractivity contribution in [3.63, 3.8) is 0 Å². The van der Waals surface area contributed by atoms with Crippen molar-refractivity contribution in [3.8, 4) is 0 Å². The molecule has 0 aliphatic rings. The SMILES string of the molecule is CC(C)C(OC(=O)c1c(I)cc(I)cc1I)C(F)(F)C(=O)O. The quantitative estimate of drug-likeness (QED) is 0.380. The lowest BCUT2D eigenvalue weighted by Gasteiger charge is -2.26. The average Bonchev–Trinajstić information content (AvgIpc) is 2.33. The second-order valence-corrected chi connectivity index (χ2v) is 8.31. The molecule has 122 valence electrons. The predicted octanol–water partition coefficient (Wildman–Crippen LogP) is 4.40. The van der Waals surface area contributed by atoms with Crippen LogP contribution in [0.4, 0.5) is 8.78 Å². The summed E-state index contributed by atoms with van der Waals surface area (Å²) in [7, 11) is 0. The molecule has 0 heterocycles. The first kappa shape index (κ1) is 20.3. The zero-order chi connectivity index (χ0) is 17.2. The van der Waals surface area contributed by atoms with Crippen molar-refractivity contribution in [1.29, 1.82) is 0 Å². The van der Waals surface area contributed by atoms with Gasteiger partial charge in [-0.3, -0.25) is 0 Å². The lowest BCUT2D eigenvalue weighted by atomic mass is 10.0. The number of aliphatic carboxylic acids is 1. The molecule has 1 aromatic rings. The van der Waals surface area contributed by atoms with E-state index in [0.29, 0.717) is 7.14 Å². The van der Waals surface area contributed by atoms with Gasteiger partial charge in [0.25, 0.3) is 0 Å². The number of hydrogen-bond donors (Lipinski definition) is 1. The molecule has 4 nitrogen and oxygen atoms in total. The average molecular weight is 650 g/mol. The van der Waals surface area contributed by atoms with Crippen LogP contribution in [0.2, 0.25) is 0 Å². The number of carbonyl (C=O) groups excluding carboxylic acids is 1. The maximum absolute atomic E-state index is 13.7. The lowest BCUT2D eigenvalue weighted by Crippen LogP contribution is -2.47. The van der Waals surface area contributed by atoms with Crippen LogP contribution in [0, 0.1) is 16.6 Å². The molecule has 1 aromatic carbocycles. The Morgan fingerprint density at radius 2 is 1.64 bits per heavy atom. The molecule has 0 aliphatic heterocycles. The Balaban J connectivity index is 3.16. The Morgan fingerprint density at radius 1 is 1.18 bits per heavy atom. The molecule has 1 unspecified atom stereocenters. The topological polar surface area (TPSA) is 63.6 Å². The van der Waals surface area contributed by atoms with Gasteiger partial charge >= 0.3 is 17.9 Å². The molecule has 1 N–H and O–H groups in total. The maximum atomic E-state index is 13.7. The highest BCUT2D eigenvalue weighted by Crippen LogP contribution is 2.30. The molecule has 0 aliphatic carbocycles. The van der Waals surface area contributed by atoms with Gasteiger partial charge in [-0.2, -0.15) is 8.78 Å². The van der Waals surface area contributed by atoms with Gasteiger partial charge in [0.05, 0.1) is 5.56 Å². The highest BCUT2D eigenvalue weighted by molar-refractivity contribution is 14.1. The van der Waals surface area contributed by atoms with Crippen LogP contribution in [0.1, 0.15) is 24.2 Å². The molecule has 0 fully saturated rings. The molecule has 0 saturated heterocycles. The van der Waals surface area contributed by atoms with Gasteiger partial charge in [0.1, 0.15) is 0 Å². The highest BCUT2D eigenvalue weighted by atomic mass is 127. The van der Waals surface area contributed by atoms with Gasteiger partial charge in [-0.25, -0.2) is 9.59 Å². The maximum Gasteiger partial charge on any atom is 0.378 e. The third kappa shape index (κ3) is 4.61. The van der Waals surface area contributed by atoms with Gasteiger partial charge in [0.15, 0.2) is 6.10 Å². The van der Waals surface area contributed by atoms with Crippen molar-refractivity contribution >= 4 is 79.7 Å². The fourth-order valence-electron chi connectivity index (χ4n) is 1.66. The van der Waals surface area contributed by atoms with Crippen molar-refractivity contribution in [2.75, 3.05) is 0 Å². The summed E-state index contributed by atoms with van der Waals surface area (Å²) in [6.45, 7) is 2.75. The Hall–Kier alpha value is 0.210. The van der Waals surface area contributed by atoms with Crippen molar-refractivity contribution in [2.45, 2.75) is 25.9 Å². The van der Waals surface area contributed by atoms with E-state index in [9.17, 15) is 18.4 Å². The number of alkyl halides is 2. The Morgan fingerprint density at radius 3 is 2.00 bits per heavy atom. The van der Waals surface area contributed by atoms with Gasteiger partial charge < -0.3 is 9.84 Å². The van der Waals surface area contributed by atoms with Gasteiger partial charge in [0.2, 0.25) is 0 Å². The fraction of sp³-hybridized carbons (Fsp3) is 0.385. The van der Waals surface area contributed by atoms with Crippen LogP contribution in [0.5, 0.6) is 0 Å². The van der Waals surface area contributed by atoms with Crippen LogP contribution >= 0.6 is 67.8 Å². The molecule has 0 amide bonds. The van der Waals surface area contributed by atoms with E-state index in [-0.39, 0.29) is 5.56 Å². The fourth-order valence-corrected chi connectivity index (χ4v) is 5.68. The second kappa shape index (κ2) is 7.85. The molecular weight excluding hydrogens is 639 g/mol. The first-order chi connectivity index (χ1) is 9.98. The van der Waals surface area contributed by atoms with E-state index in [1.807, 2.05) is 45.2 Å². The number of rotatable bonds is 5. The van der Waals surface area contributed by atoms with Gasteiger partial charge in [-0.05, 0) is 85.8 Å². The van der Waals surface area contributed by atoms with Gasteiger partial charge in [-0.15, -0.1) is 0 Å². The summed E-state index contributed by atoms with van der Waals surface area (Å²) >= 11 is 5.89. The molecule has 0 bridgehead atoms. The van der Waals surface area contributed by atoms with E-state index >= 15 is 0 Å². The summed E-state index contributed by atoms with van der Waals surface area (Å²) in [5.74, 6) is -8.27. The number of halogens is 5. The molecule has 1 atom stereocenters. The van der Waals surface area contributed by atoms with Crippen molar-refractivity contribution in [3.05, 3.63) is 28.4 Å². The molecule has 0 saturated carbocycles. The largest absolute Gasteiger partial charge is 0.477 e. The van der Waals surface area contributed by atoms with Crippen LogP contribution in [0.15, 0.2) is 12.1 Å². The molecule has 0 spiro atoms. The summed E-state index contributed by atoms with van der Waals surface area (Å²) in [6, 6.07) is 3.42. The standard InChI is InChI=1S/C13H11F2I3O4/c1-5(2)10(13(14,15)12(20)21)22-11(19)9-7(17)3-6(16)4-8(9)18/h3-5,10H,1-2H3,(H,20,21). The number of ether oxygens (including phenoxy) is 1. The van der Waals surface area contributed by atoms with E-state index in [4.69, 9.17) is 9.84 Å². The molecular formula is C13H11F2I3O4. The summed E-state index contributed by atoms with van der Waals surface area (Å²) in [6.07, 6.45) is -2.04. The van der Waals surface area contributed by atoms with Crippen LogP contribution in [0.25, 0.3) is 0 Å². The van der Waals surface area contributed by atoms with Crippen molar-refractivity contribution in [1.82, 2.24) is 0 Å². The third-order valence-corrected chi connectivity index (χ3v) is 5.02. The lowest BCUT2D eigenvalue weighted by molar-refractivity contribution is -0.187. The number of benzene rings is 1. The van der Waals surface area contributed by atoms with Gasteiger partial charge in [-0.1, -0.05) is 13.8 Å². The molecule has 1 rings (SSSR count). The minimum atomic E-state index is -4.15. The number of hydrogen-bond acceptors (Lipinski definition) is 3. The van der Waals surface area contributed by atoms with E-state index in [2.05, 4.69) is 22.6 Å². The van der Waals surface area contributed by atoms with E-state index in [1.165, 1.54) is 13.8 Å². The monoisotopic (exact) mass is 650 g/mol. The third-order valence-electron chi connectivity index (χ3n) is 2.69. The minimum Gasteiger partial charge on any atom is -0.477 e. The van der Waals surface area contributed by atoms with E-state index in [0.717, 1.165) is 3.57 Å². The first-order valence-electron chi connectivity index (χ1n) is 5.95. The van der Waals surface area contributed by atoms with E-state index < -0.39 is 29.9 Å². The van der Waals surface area contributed by atoms with E-state index in [1.54, 1.807) is 12.1 Å². The Kier molecular flexibility index (Phi) is 7.23. The van der Waals surface area contributed by atoms with Gasteiger partial charge in [0, 0.05) is 10.7 Å². The highest BCUT2D eigenvalue weighted by Gasteiger charge is 2.51. The van der Waals surface area contributed by atoms with Crippen molar-refractivity contribution < 1.29 is 28.2 Å². The molecule has 22 heavy (non-hydrogen) atoms. The van der Waals surface area contributed by atoms with Crippen molar-refractivity contribution in [2.24, 2.45) is 5.92 Å². The summed E-state index contributed by atoms with van der Waals surface area (Å²) in [5.41, 5.74) is 0.161. The minimum absolute atomic E-state index is 0.161. The molecule has 9 heteroatoms. The summed E-state index contributed by atoms with van der Waals surface area (Å²) in [5, 5.41) is 8.64. The zero-order valence-corrected chi connectivity index (χ0v) is 17.8. The number of carboxylic acid groups (broad SMARTS) is 1. The van der Waals surface area contributed by atoms with Crippen LogP contribution in [-0.2, 0) is 9.53 Å². The number of carbonyl (C=O) groups is 2. The first-order valence-corrected chi connectivity index (χ1v) is 9.18. The summed E-state index contributed by atoms with van der Waals surface area (Å²) in [4.78, 5) is 22.9. The smallest absolute Gasteiger partial charge is 0.378 e. The number of carboxylic acids is 1. The number of esters is 1. The normalized spacial score (nSPS) is 13.1. The molecule has 0 radical (unpaired) electrons. The van der Waals surface area contributed by atoms with Crippen LogP contribution < -0.4 is 0 Å².